The molecular weight excluding hydrogens is 354 g/mol. The maximum Gasteiger partial charge on any atom is 0.413 e. The fourth-order valence-corrected chi connectivity index (χ4v) is 2.68. The van der Waals surface area contributed by atoms with Crippen molar-refractivity contribution in [1.82, 2.24) is 10.3 Å². The minimum atomic E-state index is -0.538. The molecule has 1 aromatic heterocycles. The van der Waals surface area contributed by atoms with Crippen LogP contribution in [0.2, 0.25) is 0 Å². The predicted octanol–water partition coefficient (Wildman–Crippen LogP) is 3.22. The van der Waals surface area contributed by atoms with E-state index in [1.807, 2.05) is 38.1 Å². The Kier molecular flexibility index (Phi) is 7.40. The summed E-state index contributed by atoms with van der Waals surface area (Å²) in [5.74, 6) is 0.900. The van der Waals surface area contributed by atoms with E-state index in [-0.39, 0.29) is 18.2 Å². The summed E-state index contributed by atoms with van der Waals surface area (Å²) in [5.41, 5.74) is 1.58. The van der Waals surface area contributed by atoms with Crippen LogP contribution in [-0.2, 0) is 22.5 Å². The first kappa shape index (κ1) is 19.7. The van der Waals surface area contributed by atoms with Gasteiger partial charge >= 0.3 is 6.09 Å². The van der Waals surface area contributed by atoms with Crippen molar-refractivity contribution in [2.24, 2.45) is 5.92 Å². The minimum Gasteiger partial charge on any atom is -0.497 e. The molecule has 2 amide bonds. The zero-order chi connectivity index (χ0) is 18.9. The highest BCUT2D eigenvalue weighted by atomic mass is 32.1. The van der Waals surface area contributed by atoms with E-state index >= 15 is 0 Å². The Morgan fingerprint density at radius 3 is 2.62 bits per heavy atom. The van der Waals surface area contributed by atoms with Crippen molar-refractivity contribution < 1.29 is 19.1 Å². The van der Waals surface area contributed by atoms with Crippen LogP contribution in [0.3, 0.4) is 0 Å². The Morgan fingerprint density at radius 2 is 1.96 bits per heavy atom. The Morgan fingerprint density at radius 1 is 1.23 bits per heavy atom. The molecule has 2 aromatic rings. The average molecular weight is 377 g/mol. The topological polar surface area (TPSA) is 89.6 Å². The molecule has 7 nitrogen and oxygen atoms in total. The molecule has 0 spiro atoms. The molecule has 0 aliphatic rings. The number of thiazole rings is 1. The molecule has 2 N–H and O–H groups in total. The summed E-state index contributed by atoms with van der Waals surface area (Å²) in [6.07, 6.45) is -0.390. The van der Waals surface area contributed by atoms with E-state index in [2.05, 4.69) is 15.6 Å². The number of benzene rings is 1. The molecule has 140 valence electrons. The van der Waals surface area contributed by atoms with Gasteiger partial charge in [0.15, 0.2) is 5.13 Å². The zero-order valence-corrected chi connectivity index (χ0v) is 15.9. The smallest absolute Gasteiger partial charge is 0.413 e. The Hall–Kier alpha value is -2.61. The number of amides is 2. The predicted molar refractivity (Wildman–Crippen MR) is 100 cm³/mol. The van der Waals surface area contributed by atoms with Crippen LogP contribution in [0.15, 0.2) is 29.6 Å². The van der Waals surface area contributed by atoms with Gasteiger partial charge in [0, 0.05) is 11.9 Å². The van der Waals surface area contributed by atoms with Gasteiger partial charge in [-0.2, -0.15) is 0 Å². The van der Waals surface area contributed by atoms with Crippen molar-refractivity contribution in [3.05, 3.63) is 40.9 Å². The van der Waals surface area contributed by atoms with Crippen LogP contribution in [0.25, 0.3) is 0 Å². The average Bonchev–Trinajstić information content (AvgIpc) is 3.05. The van der Waals surface area contributed by atoms with Crippen molar-refractivity contribution in [3.8, 4) is 5.75 Å². The molecule has 0 aliphatic heterocycles. The van der Waals surface area contributed by atoms with Gasteiger partial charge in [-0.05, 0) is 23.6 Å². The second-order valence-corrected chi connectivity index (χ2v) is 6.92. The number of aromatic nitrogens is 1. The number of hydrogen-bond acceptors (Lipinski definition) is 6. The summed E-state index contributed by atoms with van der Waals surface area (Å²) in [4.78, 5) is 27.9. The normalized spacial score (nSPS) is 10.5. The lowest BCUT2D eigenvalue weighted by atomic mass is 10.2. The van der Waals surface area contributed by atoms with Crippen molar-refractivity contribution in [3.63, 3.8) is 0 Å². The fourth-order valence-electron chi connectivity index (χ4n) is 1.98. The molecule has 0 fully saturated rings. The number of methoxy groups -OCH3 is 1. The van der Waals surface area contributed by atoms with Gasteiger partial charge in [-0.15, -0.1) is 11.3 Å². The quantitative estimate of drug-likeness (QED) is 0.737. The standard InChI is InChI=1S/C18H23N3O4S/c1-12(2)10-25-18(23)21-17-20-14(11-26-17)8-16(22)19-9-13-4-6-15(24-3)7-5-13/h4-7,11-12H,8-10H2,1-3H3,(H,19,22)(H,20,21,23). The van der Waals surface area contributed by atoms with Gasteiger partial charge in [-0.25, -0.2) is 9.78 Å². The maximum atomic E-state index is 12.0. The van der Waals surface area contributed by atoms with Gasteiger partial charge in [0.2, 0.25) is 5.91 Å². The molecule has 1 heterocycles. The van der Waals surface area contributed by atoms with Crippen molar-refractivity contribution in [2.75, 3.05) is 19.0 Å². The second-order valence-electron chi connectivity index (χ2n) is 6.06. The van der Waals surface area contributed by atoms with E-state index in [1.165, 1.54) is 11.3 Å². The van der Waals surface area contributed by atoms with E-state index in [1.54, 1.807) is 12.5 Å². The SMILES string of the molecule is COc1ccc(CNC(=O)Cc2csc(NC(=O)OCC(C)C)n2)cc1. The molecule has 0 unspecified atom stereocenters. The molecule has 0 radical (unpaired) electrons. The highest BCUT2D eigenvalue weighted by molar-refractivity contribution is 7.13. The minimum absolute atomic E-state index is 0.139. The third-order valence-electron chi connectivity index (χ3n) is 3.30. The maximum absolute atomic E-state index is 12.0. The van der Waals surface area contributed by atoms with Gasteiger partial charge < -0.3 is 14.8 Å². The zero-order valence-electron chi connectivity index (χ0n) is 15.1. The van der Waals surface area contributed by atoms with E-state index in [0.717, 1.165) is 11.3 Å². The molecule has 0 saturated heterocycles. The Labute approximate surface area is 156 Å². The number of rotatable bonds is 8. The first-order valence-electron chi connectivity index (χ1n) is 8.24. The van der Waals surface area contributed by atoms with Gasteiger partial charge in [0.05, 0.1) is 25.8 Å². The van der Waals surface area contributed by atoms with Crippen LogP contribution in [0.1, 0.15) is 25.1 Å². The first-order valence-corrected chi connectivity index (χ1v) is 9.12. The summed E-state index contributed by atoms with van der Waals surface area (Å²) in [5, 5.41) is 7.56. The third kappa shape index (κ3) is 6.72. The first-order chi connectivity index (χ1) is 12.5. The van der Waals surface area contributed by atoms with E-state index in [4.69, 9.17) is 9.47 Å². The van der Waals surface area contributed by atoms with Crippen LogP contribution in [0.5, 0.6) is 5.75 Å². The number of ether oxygens (including phenoxy) is 2. The summed E-state index contributed by atoms with van der Waals surface area (Å²) in [7, 11) is 1.61. The molecule has 0 saturated carbocycles. The molecule has 0 atom stereocenters. The summed E-state index contributed by atoms with van der Waals surface area (Å²) in [6.45, 7) is 4.69. The van der Waals surface area contributed by atoms with Crippen LogP contribution in [0, 0.1) is 5.92 Å². The monoisotopic (exact) mass is 377 g/mol. The molecule has 2 rings (SSSR count). The molecule has 8 heteroatoms. The van der Waals surface area contributed by atoms with Crippen LogP contribution in [0.4, 0.5) is 9.93 Å². The number of nitrogens with zero attached hydrogens (tertiary/aromatic N) is 1. The van der Waals surface area contributed by atoms with Gasteiger partial charge in [0.25, 0.3) is 0 Å². The second kappa shape index (κ2) is 9.76. The number of carbonyl (C=O) groups excluding carboxylic acids is 2. The number of anilines is 1. The van der Waals surface area contributed by atoms with Crippen LogP contribution >= 0.6 is 11.3 Å². The summed E-state index contributed by atoms with van der Waals surface area (Å²) < 4.78 is 10.1. The number of carbonyl (C=O) groups is 2. The van der Waals surface area contributed by atoms with Gasteiger partial charge in [0.1, 0.15) is 5.75 Å². The van der Waals surface area contributed by atoms with Crippen molar-refractivity contribution in [1.29, 1.82) is 0 Å². The van der Waals surface area contributed by atoms with Gasteiger partial charge in [-0.3, -0.25) is 10.1 Å². The molecular formula is C18H23N3O4S. The fraction of sp³-hybridized carbons (Fsp3) is 0.389. The lowest BCUT2D eigenvalue weighted by Gasteiger charge is -2.06. The number of hydrogen-bond donors (Lipinski definition) is 2. The Balaban J connectivity index is 1.76. The third-order valence-corrected chi connectivity index (χ3v) is 4.11. The lowest BCUT2D eigenvalue weighted by Crippen LogP contribution is -2.24. The molecule has 26 heavy (non-hydrogen) atoms. The van der Waals surface area contributed by atoms with Gasteiger partial charge in [-0.1, -0.05) is 26.0 Å². The highest BCUT2D eigenvalue weighted by Crippen LogP contribution is 2.16. The van der Waals surface area contributed by atoms with Crippen molar-refractivity contribution in [2.45, 2.75) is 26.8 Å². The van der Waals surface area contributed by atoms with E-state index in [9.17, 15) is 9.59 Å². The van der Waals surface area contributed by atoms with E-state index in [0.29, 0.717) is 24.0 Å². The summed E-state index contributed by atoms with van der Waals surface area (Å²) in [6, 6.07) is 7.48. The summed E-state index contributed by atoms with van der Waals surface area (Å²) >= 11 is 1.26. The van der Waals surface area contributed by atoms with Crippen LogP contribution in [-0.4, -0.2) is 30.7 Å². The molecule has 0 aliphatic carbocycles. The van der Waals surface area contributed by atoms with Crippen LogP contribution < -0.4 is 15.4 Å². The number of nitrogens with one attached hydrogen (secondary N) is 2. The Bertz CT molecular complexity index is 728. The largest absolute Gasteiger partial charge is 0.497 e. The highest BCUT2D eigenvalue weighted by Gasteiger charge is 2.11. The lowest BCUT2D eigenvalue weighted by molar-refractivity contribution is -0.120. The van der Waals surface area contributed by atoms with E-state index < -0.39 is 6.09 Å². The molecule has 1 aromatic carbocycles. The molecule has 0 bridgehead atoms. The van der Waals surface area contributed by atoms with Crippen molar-refractivity contribution >= 4 is 28.5 Å².